The van der Waals surface area contributed by atoms with Crippen molar-refractivity contribution in [3.63, 3.8) is 0 Å². The fourth-order valence-corrected chi connectivity index (χ4v) is 1.53. The Morgan fingerprint density at radius 1 is 1.29 bits per heavy atom. The maximum Gasteiger partial charge on any atom is 0.167 e. The number of aliphatic hydroxyl groups is 2. The minimum atomic E-state index is -1.34. The van der Waals surface area contributed by atoms with E-state index in [9.17, 15) is 10.2 Å². The van der Waals surface area contributed by atoms with Crippen LogP contribution in [0.25, 0.3) is 0 Å². The second-order valence-corrected chi connectivity index (χ2v) is 4.20. The molecule has 0 aliphatic rings. The number of nitrogens with one attached hydrogen (secondary N) is 2. The van der Waals surface area contributed by atoms with Crippen LogP contribution in [0.5, 0.6) is 0 Å². The number of aliphatic hydroxyl groups excluding tert-OH is 1. The van der Waals surface area contributed by atoms with Gasteiger partial charge in [-0.2, -0.15) is 0 Å². The molecule has 2 unspecified atom stereocenters. The second-order valence-electron chi connectivity index (χ2n) is 4.20. The lowest BCUT2D eigenvalue weighted by Gasteiger charge is -2.24. The zero-order valence-corrected chi connectivity index (χ0v) is 10.9. The maximum absolute atomic E-state index is 9.25. The van der Waals surface area contributed by atoms with Crippen LogP contribution in [0.15, 0.2) is 12.2 Å². The minimum Gasteiger partial charge on any atom is -0.367 e. The maximum atomic E-state index is 9.25. The lowest BCUT2D eigenvalue weighted by atomic mass is 10.1. The van der Waals surface area contributed by atoms with E-state index in [-0.39, 0.29) is 12.1 Å². The van der Waals surface area contributed by atoms with Crippen LogP contribution < -0.4 is 16.4 Å². The van der Waals surface area contributed by atoms with Crippen LogP contribution in [0.2, 0.25) is 0 Å². The molecule has 0 aromatic heterocycles. The molecule has 0 bridgehead atoms. The Hall–Kier alpha value is -0.460. The topological polar surface area (TPSA) is 90.5 Å². The van der Waals surface area contributed by atoms with Gasteiger partial charge in [0.2, 0.25) is 0 Å². The first kappa shape index (κ1) is 16.5. The van der Waals surface area contributed by atoms with E-state index in [0.29, 0.717) is 13.0 Å². The van der Waals surface area contributed by atoms with Crippen LogP contribution >= 0.6 is 0 Å². The van der Waals surface area contributed by atoms with Crippen molar-refractivity contribution in [1.82, 2.24) is 10.6 Å². The van der Waals surface area contributed by atoms with Crippen LogP contribution in [0.1, 0.15) is 26.7 Å². The van der Waals surface area contributed by atoms with Gasteiger partial charge in [-0.3, -0.25) is 0 Å². The van der Waals surface area contributed by atoms with Crippen LogP contribution in [0, 0.1) is 0 Å². The Balaban J connectivity index is 3.93. The predicted molar refractivity (Wildman–Crippen MR) is 70.6 cm³/mol. The molecule has 17 heavy (non-hydrogen) atoms. The van der Waals surface area contributed by atoms with Gasteiger partial charge in [-0.1, -0.05) is 19.1 Å². The van der Waals surface area contributed by atoms with Crippen molar-refractivity contribution in [2.24, 2.45) is 5.73 Å². The molecular weight excluding hydrogens is 218 g/mol. The normalized spacial score (nSPS) is 15.6. The molecule has 0 aromatic carbocycles. The average molecular weight is 245 g/mol. The first-order valence-electron chi connectivity index (χ1n) is 6.29. The standard InChI is InChI=1S/C12H27N3O2/c1-3-4-5-6-11(12(16)17)15-10(2)9-14-8-7-13/h4-5,10-12,14-17H,3,6-9,13H2,1-2H3. The lowest BCUT2D eigenvalue weighted by molar-refractivity contribution is -0.0681. The van der Waals surface area contributed by atoms with E-state index in [4.69, 9.17) is 5.73 Å². The monoisotopic (exact) mass is 245 g/mol. The van der Waals surface area contributed by atoms with Crippen molar-refractivity contribution < 1.29 is 10.2 Å². The summed E-state index contributed by atoms with van der Waals surface area (Å²) in [7, 11) is 0. The summed E-state index contributed by atoms with van der Waals surface area (Å²) >= 11 is 0. The number of rotatable bonds is 10. The molecule has 0 amide bonds. The van der Waals surface area contributed by atoms with Gasteiger partial charge >= 0.3 is 0 Å². The fourth-order valence-electron chi connectivity index (χ4n) is 1.53. The van der Waals surface area contributed by atoms with Crippen molar-refractivity contribution in [3.05, 3.63) is 12.2 Å². The van der Waals surface area contributed by atoms with Gasteiger partial charge in [-0.25, -0.2) is 0 Å². The zero-order chi connectivity index (χ0) is 13.1. The van der Waals surface area contributed by atoms with E-state index in [1.807, 2.05) is 26.0 Å². The lowest BCUT2D eigenvalue weighted by Crippen LogP contribution is -2.48. The van der Waals surface area contributed by atoms with Gasteiger partial charge in [0.05, 0.1) is 6.04 Å². The highest BCUT2D eigenvalue weighted by molar-refractivity contribution is 4.87. The largest absolute Gasteiger partial charge is 0.367 e. The van der Waals surface area contributed by atoms with E-state index < -0.39 is 6.29 Å². The summed E-state index contributed by atoms with van der Waals surface area (Å²) in [6, 6.07) is -0.157. The van der Waals surface area contributed by atoms with Gasteiger partial charge in [0.25, 0.3) is 0 Å². The molecule has 0 fully saturated rings. The fraction of sp³-hybridized carbons (Fsp3) is 0.833. The quantitative estimate of drug-likeness (QED) is 0.204. The highest BCUT2D eigenvalue weighted by atomic mass is 16.5. The van der Waals surface area contributed by atoms with Crippen molar-refractivity contribution in [2.75, 3.05) is 19.6 Å². The third-order valence-corrected chi connectivity index (χ3v) is 2.42. The smallest absolute Gasteiger partial charge is 0.167 e. The summed E-state index contributed by atoms with van der Waals surface area (Å²) in [6.07, 6.45) is 4.23. The van der Waals surface area contributed by atoms with Crippen LogP contribution in [-0.4, -0.2) is 48.2 Å². The molecule has 2 atom stereocenters. The SMILES string of the molecule is CCC=CCC(NC(C)CNCCN)C(O)O. The summed E-state index contributed by atoms with van der Waals surface area (Å²) in [6.45, 7) is 6.19. The molecule has 5 heteroatoms. The van der Waals surface area contributed by atoms with E-state index in [0.717, 1.165) is 19.5 Å². The van der Waals surface area contributed by atoms with Gasteiger partial charge in [0, 0.05) is 25.7 Å². The molecule has 0 saturated heterocycles. The van der Waals surface area contributed by atoms with Gasteiger partial charge in [0.1, 0.15) is 0 Å². The highest BCUT2D eigenvalue weighted by Crippen LogP contribution is 2.01. The molecule has 6 N–H and O–H groups in total. The van der Waals surface area contributed by atoms with E-state index in [1.165, 1.54) is 0 Å². The number of hydrogen-bond donors (Lipinski definition) is 5. The van der Waals surface area contributed by atoms with Crippen molar-refractivity contribution >= 4 is 0 Å². The Morgan fingerprint density at radius 3 is 2.53 bits per heavy atom. The summed E-state index contributed by atoms with van der Waals surface area (Å²) < 4.78 is 0. The Bertz CT molecular complexity index is 198. The van der Waals surface area contributed by atoms with E-state index in [2.05, 4.69) is 10.6 Å². The first-order chi connectivity index (χ1) is 8.11. The van der Waals surface area contributed by atoms with Gasteiger partial charge in [-0.05, 0) is 19.8 Å². The molecule has 0 rings (SSSR count). The molecule has 0 heterocycles. The third kappa shape index (κ3) is 9.26. The molecule has 0 spiro atoms. The molecule has 102 valence electrons. The molecule has 0 radical (unpaired) electrons. The molecule has 0 aliphatic carbocycles. The number of hydrogen-bond acceptors (Lipinski definition) is 5. The van der Waals surface area contributed by atoms with Crippen molar-refractivity contribution in [1.29, 1.82) is 0 Å². The Labute approximate surface area is 104 Å². The molecule has 0 aliphatic heterocycles. The van der Waals surface area contributed by atoms with Gasteiger partial charge in [0.15, 0.2) is 6.29 Å². The Morgan fingerprint density at radius 2 is 2.00 bits per heavy atom. The zero-order valence-electron chi connectivity index (χ0n) is 10.9. The van der Waals surface area contributed by atoms with Crippen LogP contribution in [0.3, 0.4) is 0 Å². The minimum absolute atomic E-state index is 0.170. The van der Waals surface area contributed by atoms with Gasteiger partial charge < -0.3 is 26.6 Å². The highest BCUT2D eigenvalue weighted by Gasteiger charge is 2.16. The Kier molecular flexibility index (Phi) is 10.4. The number of allylic oxidation sites excluding steroid dienone is 1. The molecule has 0 aromatic rings. The van der Waals surface area contributed by atoms with E-state index in [1.54, 1.807) is 0 Å². The summed E-state index contributed by atoms with van der Waals surface area (Å²) in [5.41, 5.74) is 5.37. The van der Waals surface area contributed by atoms with Crippen molar-refractivity contribution in [2.45, 2.75) is 45.1 Å². The average Bonchev–Trinajstić information content (AvgIpc) is 2.28. The number of nitrogens with two attached hydrogens (primary N) is 1. The summed E-state index contributed by atoms with van der Waals surface area (Å²) in [4.78, 5) is 0. The molecule has 0 saturated carbocycles. The summed E-state index contributed by atoms with van der Waals surface area (Å²) in [5.74, 6) is 0. The van der Waals surface area contributed by atoms with Crippen LogP contribution in [0.4, 0.5) is 0 Å². The molecular formula is C12H27N3O2. The first-order valence-corrected chi connectivity index (χ1v) is 6.29. The van der Waals surface area contributed by atoms with Crippen molar-refractivity contribution in [3.8, 4) is 0 Å². The predicted octanol–water partition coefficient (Wildman–Crippen LogP) is -0.452. The summed E-state index contributed by atoms with van der Waals surface area (Å²) in [5, 5.41) is 24.9. The van der Waals surface area contributed by atoms with Gasteiger partial charge in [-0.15, -0.1) is 0 Å². The van der Waals surface area contributed by atoms with Crippen LogP contribution in [-0.2, 0) is 0 Å². The second kappa shape index (κ2) is 10.7. The third-order valence-electron chi connectivity index (χ3n) is 2.42. The van der Waals surface area contributed by atoms with E-state index >= 15 is 0 Å². The molecule has 5 nitrogen and oxygen atoms in total.